The summed E-state index contributed by atoms with van der Waals surface area (Å²) in [4.78, 5) is 3.95. The number of nitrogens with one attached hydrogen (secondary N) is 1. The average molecular weight is 312 g/mol. The van der Waals surface area contributed by atoms with Crippen molar-refractivity contribution in [3.05, 3.63) is 46.5 Å². The molecule has 2 aromatic heterocycles. The molecule has 0 aliphatic carbocycles. The van der Waals surface area contributed by atoms with Gasteiger partial charge in [0.2, 0.25) is 5.88 Å². The molecule has 0 saturated heterocycles. The van der Waals surface area contributed by atoms with Gasteiger partial charge < -0.3 is 15.5 Å². The number of hydrogen-bond acceptors (Lipinski definition) is 4. The van der Waals surface area contributed by atoms with E-state index in [0.29, 0.717) is 17.0 Å². The summed E-state index contributed by atoms with van der Waals surface area (Å²) in [5.41, 5.74) is 7.42. The number of aromatic nitrogens is 1. The fraction of sp³-hybridized carbons (Fsp3) is 0. The predicted octanol–water partition coefficient (Wildman–Crippen LogP) is 4.60. The van der Waals surface area contributed by atoms with Crippen molar-refractivity contribution in [3.8, 4) is 0 Å². The highest BCUT2D eigenvalue weighted by Gasteiger charge is 2.14. The fourth-order valence-electron chi connectivity index (χ4n) is 1.87. The van der Waals surface area contributed by atoms with Crippen molar-refractivity contribution >= 4 is 51.4 Å². The fourth-order valence-corrected chi connectivity index (χ4v) is 2.36. The second kappa shape index (κ2) is 4.85. The third kappa shape index (κ3) is 2.15. The molecule has 102 valence electrons. The molecular formula is C13H8Cl2FN3O. The van der Waals surface area contributed by atoms with E-state index in [2.05, 4.69) is 10.3 Å². The molecule has 3 rings (SSSR count). The van der Waals surface area contributed by atoms with Gasteiger partial charge in [-0.2, -0.15) is 0 Å². The minimum Gasteiger partial charge on any atom is -0.437 e. The molecule has 0 spiro atoms. The number of benzene rings is 1. The summed E-state index contributed by atoms with van der Waals surface area (Å²) in [5, 5.41) is 3.63. The van der Waals surface area contributed by atoms with Gasteiger partial charge in [0.05, 0.1) is 16.2 Å². The van der Waals surface area contributed by atoms with E-state index in [9.17, 15) is 4.39 Å². The molecule has 0 unspecified atom stereocenters. The summed E-state index contributed by atoms with van der Waals surface area (Å²) >= 11 is 11.5. The van der Waals surface area contributed by atoms with Crippen molar-refractivity contribution < 1.29 is 8.81 Å². The maximum atomic E-state index is 13.4. The predicted molar refractivity (Wildman–Crippen MR) is 78.1 cm³/mol. The smallest absolute Gasteiger partial charge is 0.215 e. The number of fused-ring (bicyclic) bond motifs is 1. The first-order valence-electron chi connectivity index (χ1n) is 5.60. The van der Waals surface area contributed by atoms with Gasteiger partial charge >= 0.3 is 0 Å². The topological polar surface area (TPSA) is 64.1 Å². The van der Waals surface area contributed by atoms with Crippen LogP contribution in [0.4, 0.5) is 21.6 Å². The van der Waals surface area contributed by atoms with Crippen LogP contribution in [0.15, 0.2) is 35.0 Å². The van der Waals surface area contributed by atoms with Gasteiger partial charge in [0.1, 0.15) is 5.69 Å². The Kier molecular flexibility index (Phi) is 3.16. The molecule has 0 amide bonds. The molecule has 4 nitrogen and oxygen atoms in total. The van der Waals surface area contributed by atoms with Crippen LogP contribution in [-0.4, -0.2) is 4.98 Å². The number of nitrogen functional groups attached to an aromatic ring is 1. The molecule has 1 aromatic carbocycles. The number of rotatable bonds is 2. The molecule has 7 heteroatoms. The SMILES string of the molecule is Nc1oc2cnccc2c1Nc1cc(Cl)c(F)c(Cl)c1. The number of nitrogens with zero attached hydrogens (tertiary/aromatic N) is 1. The van der Waals surface area contributed by atoms with Crippen molar-refractivity contribution in [2.24, 2.45) is 0 Å². The number of halogens is 3. The number of pyridine rings is 1. The van der Waals surface area contributed by atoms with Gasteiger partial charge in [-0.3, -0.25) is 4.98 Å². The minimum absolute atomic E-state index is 0.0759. The Hall–Kier alpha value is -1.98. The summed E-state index contributed by atoms with van der Waals surface area (Å²) < 4.78 is 18.7. The van der Waals surface area contributed by atoms with E-state index in [1.165, 1.54) is 12.1 Å². The standard InChI is InChI=1S/C13H8Cl2FN3O/c14-8-3-6(4-9(15)11(8)16)19-12-7-1-2-18-5-10(7)20-13(12)17/h1-5,19H,17H2. The summed E-state index contributed by atoms with van der Waals surface area (Å²) in [5.74, 6) is -0.460. The average Bonchev–Trinajstić information content (AvgIpc) is 2.73. The molecular weight excluding hydrogens is 304 g/mol. The molecule has 0 saturated carbocycles. The van der Waals surface area contributed by atoms with Gasteiger partial charge in [-0.1, -0.05) is 23.2 Å². The Balaban J connectivity index is 2.07. The minimum atomic E-state index is -0.659. The summed E-state index contributed by atoms with van der Waals surface area (Å²) in [6.07, 6.45) is 3.18. The number of anilines is 3. The van der Waals surface area contributed by atoms with Crippen LogP contribution in [0.5, 0.6) is 0 Å². The van der Waals surface area contributed by atoms with Crippen LogP contribution in [0.25, 0.3) is 11.0 Å². The third-order valence-electron chi connectivity index (χ3n) is 2.77. The highest BCUT2D eigenvalue weighted by atomic mass is 35.5. The first-order valence-corrected chi connectivity index (χ1v) is 6.35. The molecule has 0 fully saturated rings. The van der Waals surface area contributed by atoms with E-state index in [0.717, 1.165) is 5.39 Å². The van der Waals surface area contributed by atoms with E-state index in [4.69, 9.17) is 33.4 Å². The Morgan fingerprint density at radius 3 is 2.65 bits per heavy atom. The molecule has 0 aliphatic rings. The molecule has 0 atom stereocenters. The van der Waals surface area contributed by atoms with E-state index in [1.807, 2.05) is 0 Å². The number of furan rings is 1. The van der Waals surface area contributed by atoms with Gasteiger partial charge in [-0.05, 0) is 18.2 Å². The zero-order valence-electron chi connectivity index (χ0n) is 9.95. The van der Waals surface area contributed by atoms with Crippen molar-refractivity contribution in [1.82, 2.24) is 4.98 Å². The zero-order valence-corrected chi connectivity index (χ0v) is 11.5. The van der Waals surface area contributed by atoms with E-state index >= 15 is 0 Å². The lowest BCUT2D eigenvalue weighted by Crippen LogP contribution is -1.94. The Morgan fingerprint density at radius 2 is 1.95 bits per heavy atom. The Labute approximate surface area is 123 Å². The zero-order chi connectivity index (χ0) is 14.3. The van der Waals surface area contributed by atoms with Crippen LogP contribution < -0.4 is 11.1 Å². The Bertz CT molecular complexity index is 780. The van der Waals surface area contributed by atoms with Crippen molar-refractivity contribution in [3.63, 3.8) is 0 Å². The van der Waals surface area contributed by atoms with Crippen LogP contribution in [-0.2, 0) is 0 Å². The third-order valence-corrected chi connectivity index (χ3v) is 3.32. The van der Waals surface area contributed by atoms with Gasteiger partial charge in [0.15, 0.2) is 11.4 Å². The second-order valence-electron chi connectivity index (χ2n) is 4.09. The summed E-state index contributed by atoms with van der Waals surface area (Å²) in [6.45, 7) is 0. The highest BCUT2D eigenvalue weighted by Crippen LogP contribution is 2.36. The quantitative estimate of drug-likeness (QED) is 0.679. The lowest BCUT2D eigenvalue weighted by atomic mass is 10.2. The van der Waals surface area contributed by atoms with Crippen molar-refractivity contribution in [2.75, 3.05) is 11.1 Å². The van der Waals surface area contributed by atoms with Crippen LogP contribution >= 0.6 is 23.2 Å². The summed E-state index contributed by atoms with van der Waals surface area (Å²) in [6, 6.07) is 4.59. The van der Waals surface area contributed by atoms with E-state index in [-0.39, 0.29) is 15.9 Å². The van der Waals surface area contributed by atoms with Crippen LogP contribution in [0.3, 0.4) is 0 Å². The first-order chi connectivity index (χ1) is 9.56. The molecule has 3 N–H and O–H groups in total. The van der Waals surface area contributed by atoms with Crippen LogP contribution in [0.2, 0.25) is 10.0 Å². The van der Waals surface area contributed by atoms with Crippen molar-refractivity contribution in [2.45, 2.75) is 0 Å². The first kappa shape index (κ1) is 13.0. The van der Waals surface area contributed by atoms with Crippen LogP contribution in [0.1, 0.15) is 0 Å². The van der Waals surface area contributed by atoms with Crippen molar-refractivity contribution in [1.29, 1.82) is 0 Å². The Morgan fingerprint density at radius 1 is 1.25 bits per heavy atom. The molecule has 0 aliphatic heterocycles. The molecule has 3 aromatic rings. The van der Waals surface area contributed by atoms with Gasteiger partial charge in [-0.25, -0.2) is 4.39 Å². The van der Waals surface area contributed by atoms with Gasteiger partial charge in [-0.15, -0.1) is 0 Å². The highest BCUT2D eigenvalue weighted by molar-refractivity contribution is 6.35. The molecule has 0 bridgehead atoms. The molecule has 2 heterocycles. The number of nitrogens with two attached hydrogens (primary N) is 1. The number of hydrogen-bond donors (Lipinski definition) is 2. The maximum absolute atomic E-state index is 13.4. The lowest BCUT2D eigenvalue weighted by molar-refractivity contribution is 0.629. The van der Waals surface area contributed by atoms with Crippen LogP contribution in [0, 0.1) is 5.82 Å². The van der Waals surface area contributed by atoms with Gasteiger partial charge in [0, 0.05) is 17.3 Å². The normalized spacial score (nSPS) is 10.9. The maximum Gasteiger partial charge on any atom is 0.215 e. The molecule has 20 heavy (non-hydrogen) atoms. The van der Waals surface area contributed by atoms with Gasteiger partial charge in [0.25, 0.3) is 0 Å². The second-order valence-corrected chi connectivity index (χ2v) is 4.91. The molecule has 0 radical (unpaired) electrons. The van der Waals surface area contributed by atoms with E-state index < -0.39 is 5.82 Å². The monoisotopic (exact) mass is 311 g/mol. The summed E-state index contributed by atoms with van der Waals surface area (Å²) in [7, 11) is 0. The largest absolute Gasteiger partial charge is 0.437 e. The van der Waals surface area contributed by atoms with E-state index in [1.54, 1.807) is 18.5 Å². The lowest BCUT2D eigenvalue weighted by Gasteiger charge is -2.07.